The van der Waals surface area contributed by atoms with Crippen LogP contribution in [-0.4, -0.2) is 36.5 Å². The first-order chi connectivity index (χ1) is 7.63. The molecular formula is C12H26N2OS. The Morgan fingerprint density at radius 2 is 1.94 bits per heavy atom. The van der Waals surface area contributed by atoms with Crippen molar-refractivity contribution in [2.45, 2.75) is 51.3 Å². The minimum atomic E-state index is 0.116. The van der Waals surface area contributed by atoms with E-state index in [9.17, 15) is 4.79 Å². The predicted octanol–water partition coefficient (Wildman–Crippen LogP) is 2.02. The molecule has 0 saturated carbocycles. The normalized spacial score (nSPS) is 12.8. The zero-order chi connectivity index (χ0) is 12.4. The van der Waals surface area contributed by atoms with Crippen LogP contribution in [0.15, 0.2) is 0 Å². The molecule has 0 rings (SSSR count). The number of amides is 1. The van der Waals surface area contributed by atoms with Gasteiger partial charge < -0.3 is 10.6 Å². The molecule has 0 aliphatic heterocycles. The molecule has 96 valence electrons. The number of carbonyl (C=O) groups excluding carboxylic acids is 1. The third-order valence-electron chi connectivity index (χ3n) is 2.77. The van der Waals surface area contributed by atoms with Crippen molar-refractivity contribution in [3.8, 4) is 0 Å². The van der Waals surface area contributed by atoms with Crippen LogP contribution in [0.3, 0.4) is 0 Å². The van der Waals surface area contributed by atoms with Gasteiger partial charge in [-0.3, -0.25) is 4.79 Å². The third-order valence-corrected chi connectivity index (χ3v) is 3.81. The van der Waals surface area contributed by atoms with E-state index in [0.717, 1.165) is 25.8 Å². The van der Waals surface area contributed by atoms with Gasteiger partial charge in [0.15, 0.2) is 0 Å². The van der Waals surface area contributed by atoms with E-state index >= 15 is 0 Å². The molecule has 16 heavy (non-hydrogen) atoms. The minimum absolute atomic E-state index is 0.116. The van der Waals surface area contributed by atoms with Crippen molar-refractivity contribution >= 4 is 17.7 Å². The van der Waals surface area contributed by atoms with Gasteiger partial charge in [0.25, 0.3) is 0 Å². The van der Waals surface area contributed by atoms with Gasteiger partial charge in [-0.15, -0.1) is 0 Å². The molecule has 4 heteroatoms. The van der Waals surface area contributed by atoms with E-state index in [1.165, 1.54) is 0 Å². The molecule has 2 N–H and O–H groups in total. The van der Waals surface area contributed by atoms with Gasteiger partial charge in [0.05, 0.1) is 6.54 Å². The van der Waals surface area contributed by atoms with E-state index in [1.807, 2.05) is 11.8 Å². The zero-order valence-electron chi connectivity index (χ0n) is 11.0. The topological polar surface area (TPSA) is 41.1 Å². The lowest BCUT2D eigenvalue weighted by Crippen LogP contribution is -2.40. The van der Waals surface area contributed by atoms with Crippen LogP contribution in [0, 0.1) is 0 Å². The summed E-state index contributed by atoms with van der Waals surface area (Å²) in [6.45, 7) is 7.76. The Labute approximate surface area is 104 Å². The van der Waals surface area contributed by atoms with Crippen LogP contribution in [0.2, 0.25) is 0 Å². The van der Waals surface area contributed by atoms with Crippen LogP contribution in [0.5, 0.6) is 0 Å². The maximum absolute atomic E-state index is 11.5. The lowest BCUT2D eigenvalue weighted by molar-refractivity contribution is -0.121. The molecule has 0 aromatic carbocycles. The van der Waals surface area contributed by atoms with E-state index in [0.29, 0.717) is 17.8 Å². The van der Waals surface area contributed by atoms with Gasteiger partial charge in [-0.25, -0.2) is 0 Å². The number of hydrogen-bond acceptors (Lipinski definition) is 3. The standard InChI is InChI=1S/C12H26N2OS/c1-5-11(6-2)14-12(15)9-13-8-7-10(3)16-4/h10-11,13H,5-9H2,1-4H3,(H,14,15). The summed E-state index contributed by atoms with van der Waals surface area (Å²) >= 11 is 1.86. The van der Waals surface area contributed by atoms with Gasteiger partial charge in [-0.1, -0.05) is 20.8 Å². The average molecular weight is 246 g/mol. The van der Waals surface area contributed by atoms with E-state index in [-0.39, 0.29) is 5.91 Å². The second-order valence-electron chi connectivity index (χ2n) is 4.09. The van der Waals surface area contributed by atoms with Crippen LogP contribution in [-0.2, 0) is 4.79 Å². The average Bonchev–Trinajstić information content (AvgIpc) is 2.31. The summed E-state index contributed by atoms with van der Waals surface area (Å²) < 4.78 is 0. The zero-order valence-corrected chi connectivity index (χ0v) is 11.8. The summed E-state index contributed by atoms with van der Waals surface area (Å²) in [6.07, 6.45) is 5.24. The second-order valence-corrected chi connectivity index (χ2v) is 5.37. The Kier molecular flexibility index (Phi) is 9.83. The maximum Gasteiger partial charge on any atom is 0.234 e. The predicted molar refractivity (Wildman–Crippen MR) is 73.0 cm³/mol. The highest BCUT2D eigenvalue weighted by atomic mass is 32.2. The molecule has 0 bridgehead atoms. The fraction of sp³-hybridized carbons (Fsp3) is 0.917. The molecule has 0 spiro atoms. The number of carbonyl (C=O) groups is 1. The molecule has 0 aromatic rings. The first-order valence-electron chi connectivity index (χ1n) is 6.16. The summed E-state index contributed by atoms with van der Waals surface area (Å²) in [5, 5.41) is 6.85. The molecule has 0 fully saturated rings. The van der Waals surface area contributed by atoms with Crippen LogP contribution in [0.1, 0.15) is 40.0 Å². The Morgan fingerprint density at radius 3 is 2.44 bits per heavy atom. The van der Waals surface area contributed by atoms with Crippen molar-refractivity contribution < 1.29 is 4.79 Å². The molecule has 0 aliphatic carbocycles. The summed E-state index contributed by atoms with van der Waals surface area (Å²) in [4.78, 5) is 11.5. The van der Waals surface area contributed by atoms with Crippen molar-refractivity contribution in [3.63, 3.8) is 0 Å². The third kappa shape index (κ3) is 7.99. The molecule has 1 amide bonds. The highest BCUT2D eigenvalue weighted by molar-refractivity contribution is 7.99. The van der Waals surface area contributed by atoms with Crippen LogP contribution < -0.4 is 10.6 Å². The summed E-state index contributed by atoms with van der Waals surface area (Å²) in [6, 6.07) is 0.333. The van der Waals surface area contributed by atoms with Gasteiger partial charge >= 0.3 is 0 Å². The Bertz CT molecular complexity index is 184. The van der Waals surface area contributed by atoms with E-state index in [1.54, 1.807) is 0 Å². The van der Waals surface area contributed by atoms with Gasteiger partial charge in [0.2, 0.25) is 5.91 Å². The fourth-order valence-corrected chi connectivity index (χ4v) is 1.75. The molecule has 3 nitrogen and oxygen atoms in total. The largest absolute Gasteiger partial charge is 0.352 e. The lowest BCUT2D eigenvalue weighted by Gasteiger charge is -2.15. The smallest absolute Gasteiger partial charge is 0.234 e. The Morgan fingerprint density at radius 1 is 1.31 bits per heavy atom. The Balaban J connectivity index is 3.50. The van der Waals surface area contributed by atoms with Crippen molar-refractivity contribution in [1.82, 2.24) is 10.6 Å². The molecule has 0 aromatic heterocycles. The van der Waals surface area contributed by atoms with Crippen molar-refractivity contribution in [2.24, 2.45) is 0 Å². The van der Waals surface area contributed by atoms with E-state index in [2.05, 4.69) is 37.7 Å². The number of rotatable bonds is 9. The summed E-state index contributed by atoms with van der Waals surface area (Å²) in [5.41, 5.74) is 0. The fourth-order valence-electron chi connectivity index (χ4n) is 1.40. The lowest BCUT2D eigenvalue weighted by atomic mass is 10.2. The summed E-state index contributed by atoms with van der Waals surface area (Å²) in [7, 11) is 0. The van der Waals surface area contributed by atoms with Crippen molar-refractivity contribution in [3.05, 3.63) is 0 Å². The molecule has 0 heterocycles. The number of thioether (sulfide) groups is 1. The minimum Gasteiger partial charge on any atom is -0.352 e. The molecule has 1 unspecified atom stereocenters. The SMILES string of the molecule is CCC(CC)NC(=O)CNCCC(C)SC. The molecule has 0 aliphatic rings. The number of hydrogen-bond donors (Lipinski definition) is 2. The second kappa shape index (κ2) is 9.97. The van der Waals surface area contributed by atoms with Crippen LogP contribution in [0.25, 0.3) is 0 Å². The first kappa shape index (κ1) is 15.8. The van der Waals surface area contributed by atoms with Gasteiger partial charge in [-0.05, 0) is 32.1 Å². The molecule has 0 saturated heterocycles. The van der Waals surface area contributed by atoms with Crippen molar-refractivity contribution in [1.29, 1.82) is 0 Å². The van der Waals surface area contributed by atoms with Gasteiger partial charge in [-0.2, -0.15) is 11.8 Å². The quantitative estimate of drug-likeness (QED) is 0.612. The summed E-state index contributed by atoms with van der Waals surface area (Å²) in [5.74, 6) is 0.116. The first-order valence-corrected chi connectivity index (χ1v) is 7.45. The van der Waals surface area contributed by atoms with Gasteiger partial charge in [0, 0.05) is 11.3 Å². The number of nitrogens with one attached hydrogen (secondary N) is 2. The highest BCUT2D eigenvalue weighted by Crippen LogP contribution is 2.07. The van der Waals surface area contributed by atoms with Crippen molar-refractivity contribution in [2.75, 3.05) is 19.3 Å². The van der Waals surface area contributed by atoms with Gasteiger partial charge in [0.1, 0.15) is 0 Å². The maximum atomic E-state index is 11.5. The Hall–Kier alpha value is -0.220. The van der Waals surface area contributed by atoms with Crippen LogP contribution >= 0.6 is 11.8 Å². The molecule has 1 atom stereocenters. The van der Waals surface area contributed by atoms with E-state index < -0.39 is 0 Å². The molecular weight excluding hydrogens is 220 g/mol. The van der Waals surface area contributed by atoms with Crippen LogP contribution in [0.4, 0.5) is 0 Å². The molecule has 0 radical (unpaired) electrons. The highest BCUT2D eigenvalue weighted by Gasteiger charge is 2.07. The monoisotopic (exact) mass is 246 g/mol. The van der Waals surface area contributed by atoms with E-state index in [4.69, 9.17) is 0 Å².